The Morgan fingerprint density at radius 2 is 1.78 bits per heavy atom. The van der Waals surface area contributed by atoms with E-state index < -0.39 is 38.0 Å². The minimum Gasteiger partial charge on any atom is -0.339 e. The van der Waals surface area contributed by atoms with E-state index in [9.17, 15) is 26.4 Å². The molecular weight excluding hydrogens is 540 g/mol. The van der Waals surface area contributed by atoms with Crippen molar-refractivity contribution >= 4 is 54.2 Å². The van der Waals surface area contributed by atoms with Gasteiger partial charge in [-0.1, -0.05) is 23.7 Å². The molecule has 1 aliphatic heterocycles. The summed E-state index contributed by atoms with van der Waals surface area (Å²) in [5.41, 5.74) is 0. The second kappa shape index (κ2) is 10.9. The zero-order chi connectivity index (χ0) is 27.0. The molecule has 202 valence electrons. The monoisotopic (exact) mass is 570 g/mol. The number of rotatable bonds is 11. The standard InChI is InChI=1S/C24H31ClN4O6S2/c1-16(23(30)28(15-17-3-4-17)12-10-26-36(2,32)33)29-11-9-22(24(29)31)27-37(34,35)21-8-6-18-13-20(25)7-5-19(18)14-21/h5-8,13-14,16-17,22,26-27H,3-4,9-12,15H2,1-2H3/t16?,22-/m0/s1. The highest BCUT2D eigenvalue weighted by molar-refractivity contribution is 7.89. The van der Waals surface area contributed by atoms with Crippen LogP contribution in [0, 0.1) is 5.92 Å². The highest BCUT2D eigenvalue weighted by Gasteiger charge is 2.40. The maximum absolute atomic E-state index is 13.3. The van der Waals surface area contributed by atoms with Crippen molar-refractivity contribution in [3.8, 4) is 0 Å². The summed E-state index contributed by atoms with van der Waals surface area (Å²) in [5.74, 6) is -0.369. The Morgan fingerprint density at radius 3 is 2.46 bits per heavy atom. The van der Waals surface area contributed by atoms with Crippen LogP contribution in [0.3, 0.4) is 0 Å². The van der Waals surface area contributed by atoms with E-state index in [4.69, 9.17) is 11.6 Å². The normalized spacial score (nSPS) is 19.4. The van der Waals surface area contributed by atoms with Gasteiger partial charge >= 0.3 is 0 Å². The Bertz CT molecular complexity index is 1410. The second-order valence-electron chi connectivity index (χ2n) is 9.72. The molecule has 2 aliphatic rings. The number of nitrogens with zero attached hydrogens (tertiary/aromatic N) is 2. The lowest BCUT2D eigenvalue weighted by atomic mass is 10.1. The van der Waals surface area contributed by atoms with Crippen LogP contribution in [0.15, 0.2) is 41.3 Å². The number of hydrogen-bond acceptors (Lipinski definition) is 6. The summed E-state index contributed by atoms with van der Waals surface area (Å²) in [6, 6.07) is 8.00. The van der Waals surface area contributed by atoms with Gasteiger partial charge in [-0.05, 0) is 67.1 Å². The van der Waals surface area contributed by atoms with E-state index in [1.54, 1.807) is 36.1 Å². The van der Waals surface area contributed by atoms with Crippen LogP contribution in [0.4, 0.5) is 0 Å². The summed E-state index contributed by atoms with van der Waals surface area (Å²) in [5, 5.41) is 2.04. The Morgan fingerprint density at radius 1 is 1.11 bits per heavy atom. The third-order valence-corrected chi connectivity index (χ3v) is 9.11. The van der Waals surface area contributed by atoms with E-state index in [0.29, 0.717) is 22.9 Å². The summed E-state index contributed by atoms with van der Waals surface area (Å²) in [7, 11) is -7.38. The summed E-state index contributed by atoms with van der Waals surface area (Å²) < 4.78 is 53.8. The molecule has 10 nitrogen and oxygen atoms in total. The van der Waals surface area contributed by atoms with Crippen LogP contribution in [0.1, 0.15) is 26.2 Å². The minimum atomic E-state index is -3.99. The number of benzene rings is 2. The molecule has 4 rings (SSSR count). The van der Waals surface area contributed by atoms with Crippen molar-refractivity contribution in [2.24, 2.45) is 5.92 Å². The van der Waals surface area contributed by atoms with Crippen molar-refractivity contribution in [1.29, 1.82) is 0 Å². The summed E-state index contributed by atoms with van der Waals surface area (Å²) in [4.78, 5) is 29.4. The molecule has 1 saturated heterocycles. The quantitative estimate of drug-likeness (QED) is 0.421. The van der Waals surface area contributed by atoms with Crippen LogP contribution in [-0.2, 0) is 29.6 Å². The number of hydrogen-bond donors (Lipinski definition) is 2. The summed E-state index contributed by atoms with van der Waals surface area (Å²) in [6.07, 6.45) is 3.30. The number of nitrogens with one attached hydrogen (secondary N) is 2. The van der Waals surface area contributed by atoms with Gasteiger partial charge in [-0.3, -0.25) is 9.59 Å². The third-order valence-electron chi connectivity index (χ3n) is 6.68. The number of sulfonamides is 2. The lowest BCUT2D eigenvalue weighted by Gasteiger charge is -2.31. The molecule has 1 unspecified atom stereocenters. The molecule has 2 aromatic rings. The van der Waals surface area contributed by atoms with Gasteiger partial charge in [-0.15, -0.1) is 0 Å². The van der Waals surface area contributed by atoms with Crippen LogP contribution < -0.4 is 9.44 Å². The first-order valence-corrected chi connectivity index (χ1v) is 15.8. The average molecular weight is 571 g/mol. The Labute approximate surface area is 222 Å². The molecule has 2 aromatic carbocycles. The molecular formula is C24H31ClN4O6S2. The number of fused-ring (bicyclic) bond motifs is 1. The van der Waals surface area contributed by atoms with Gasteiger partial charge in [0.05, 0.1) is 11.2 Å². The van der Waals surface area contributed by atoms with Crippen molar-refractivity contribution in [3.05, 3.63) is 41.4 Å². The smallest absolute Gasteiger partial charge is 0.245 e. The Hall–Kier alpha value is -2.25. The number of carbonyl (C=O) groups is 2. The first-order chi connectivity index (χ1) is 17.3. The van der Waals surface area contributed by atoms with Crippen LogP contribution >= 0.6 is 11.6 Å². The molecule has 2 fully saturated rings. The molecule has 1 saturated carbocycles. The van der Waals surface area contributed by atoms with Crippen molar-refractivity contribution < 1.29 is 26.4 Å². The predicted molar refractivity (Wildman–Crippen MR) is 141 cm³/mol. The Balaban J connectivity index is 1.42. The van der Waals surface area contributed by atoms with Gasteiger partial charge in [-0.25, -0.2) is 21.6 Å². The Kier molecular flexibility index (Phi) is 8.15. The first-order valence-electron chi connectivity index (χ1n) is 12.1. The molecule has 0 spiro atoms. The molecule has 1 heterocycles. The number of amides is 2. The van der Waals surface area contributed by atoms with E-state index in [0.717, 1.165) is 24.5 Å². The summed E-state index contributed by atoms with van der Waals surface area (Å²) in [6.45, 7) is 2.62. The van der Waals surface area contributed by atoms with Gasteiger partial charge in [0.15, 0.2) is 0 Å². The molecule has 0 radical (unpaired) electrons. The zero-order valence-electron chi connectivity index (χ0n) is 20.7. The van der Waals surface area contributed by atoms with E-state index in [-0.39, 0.29) is 36.9 Å². The molecule has 2 atom stereocenters. The lowest BCUT2D eigenvalue weighted by Crippen LogP contribution is -2.51. The predicted octanol–water partition coefficient (Wildman–Crippen LogP) is 1.55. The van der Waals surface area contributed by atoms with Crippen LogP contribution in [-0.4, -0.2) is 83.0 Å². The molecule has 2 amide bonds. The van der Waals surface area contributed by atoms with Gasteiger partial charge in [0.25, 0.3) is 0 Å². The fraction of sp³-hybridized carbons (Fsp3) is 0.500. The van der Waals surface area contributed by atoms with Crippen molar-refractivity contribution in [2.75, 3.05) is 32.4 Å². The minimum absolute atomic E-state index is 0.0340. The van der Waals surface area contributed by atoms with E-state index in [2.05, 4.69) is 9.44 Å². The maximum Gasteiger partial charge on any atom is 0.245 e. The maximum atomic E-state index is 13.3. The fourth-order valence-corrected chi connectivity index (χ4v) is 6.38. The molecule has 1 aliphatic carbocycles. The molecule has 2 N–H and O–H groups in total. The highest BCUT2D eigenvalue weighted by Crippen LogP contribution is 2.30. The second-order valence-corrected chi connectivity index (χ2v) is 13.7. The topological polar surface area (TPSA) is 133 Å². The van der Waals surface area contributed by atoms with Crippen molar-refractivity contribution in [2.45, 2.75) is 43.2 Å². The van der Waals surface area contributed by atoms with Gasteiger partial charge in [0, 0.05) is 31.2 Å². The largest absolute Gasteiger partial charge is 0.339 e. The van der Waals surface area contributed by atoms with Gasteiger partial charge in [0.1, 0.15) is 12.1 Å². The van der Waals surface area contributed by atoms with Gasteiger partial charge in [0.2, 0.25) is 31.9 Å². The highest BCUT2D eigenvalue weighted by atomic mass is 35.5. The molecule has 37 heavy (non-hydrogen) atoms. The number of halogens is 1. The summed E-state index contributed by atoms with van der Waals surface area (Å²) >= 11 is 6.00. The SMILES string of the molecule is CC(C(=O)N(CCNS(C)(=O)=O)CC1CC1)N1CC[C@H](NS(=O)(=O)c2ccc3cc(Cl)ccc3c2)C1=O. The third kappa shape index (κ3) is 6.99. The fourth-order valence-electron chi connectivity index (χ4n) is 4.48. The molecule has 0 aromatic heterocycles. The molecule has 13 heteroatoms. The van der Waals surface area contributed by atoms with Crippen molar-refractivity contribution in [1.82, 2.24) is 19.2 Å². The van der Waals surface area contributed by atoms with E-state index >= 15 is 0 Å². The van der Waals surface area contributed by atoms with Crippen molar-refractivity contribution in [3.63, 3.8) is 0 Å². The zero-order valence-corrected chi connectivity index (χ0v) is 23.1. The van der Waals surface area contributed by atoms with E-state index in [1.165, 1.54) is 17.0 Å². The van der Waals surface area contributed by atoms with E-state index in [1.807, 2.05) is 0 Å². The lowest BCUT2D eigenvalue weighted by molar-refractivity contribution is -0.143. The van der Waals surface area contributed by atoms with Crippen LogP contribution in [0.25, 0.3) is 10.8 Å². The molecule has 0 bridgehead atoms. The first kappa shape index (κ1) is 27.8. The number of carbonyl (C=O) groups excluding carboxylic acids is 2. The number of likely N-dealkylation sites (tertiary alicyclic amines) is 1. The van der Waals surface area contributed by atoms with Crippen LogP contribution in [0.5, 0.6) is 0 Å². The van der Waals surface area contributed by atoms with Gasteiger partial charge < -0.3 is 9.80 Å². The van der Waals surface area contributed by atoms with Gasteiger partial charge in [-0.2, -0.15) is 4.72 Å². The van der Waals surface area contributed by atoms with Crippen LogP contribution in [0.2, 0.25) is 5.02 Å². The average Bonchev–Trinajstić information content (AvgIpc) is 3.58.